The van der Waals surface area contributed by atoms with Crippen LogP contribution in [-0.2, 0) is 4.74 Å². The molecule has 3 N–H and O–H groups in total. The van der Waals surface area contributed by atoms with E-state index in [1.165, 1.54) is 12.3 Å². The molecule has 1 aromatic heterocycles. The molecule has 114 valence electrons. The van der Waals surface area contributed by atoms with Gasteiger partial charge in [-0.1, -0.05) is 0 Å². The van der Waals surface area contributed by atoms with Crippen molar-refractivity contribution in [1.29, 1.82) is 0 Å². The zero-order valence-electron chi connectivity index (χ0n) is 11.7. The van der Waals surface area contributed by atoms with Crippen molar-refractivity contribution in [2.45, 2.75) is 31.8 Å². The van der Waals surface area contributed by atoms with Gasteiger partial charge in [0.05, 0.1) is 11.8 Å². The van der Waals surface area contributed by atoms with Crippen LogP contribution in [0.4, 0.5) is 10.5 Å². The SMILES string of the molecule is O=C(NCCC1CCCCO1)Nc1cccnc1C(=O)O. The first-order valence-electron chi connectivity index (χ1n) is 7.01. The molecule has 0 bridgehead atoms. The Bertz CT molecular complexity index is 501. The molecule has 1 atom stereocenters. The first-order chi connectivity index (χ1) is 10.2. The fourth-order valence-electron chi connectivity index (χ4n) is 2.22. The van der Waals surface area contributed by atoms with E-state index >= 15 is 0 Å². The van der Waals surface area contributed by atoms with E-state index < -0.39 is 12.0 Å². The van der Waals surface area contributed by atoms with Gasteiger partial charge in [0.1, 0.15) is 0 Å². The third-order valence-electron chi connectivity index (χ3n) is 3.28. The molecule has 1 unspecified atom stereocenters. The van der Waals surface area contributed by atoms with Crippen molar-refractivity contribution in [3.05, 3.63) is 24.0 Å². The van der Waals surface area contributed by atoms with Crippen LogP contribution in [-0.4, -0.2) is 41.3 Å². The van der Waals surface area contributed by atoms with E-state index in [2.05, 4.69) is 15.6 Å². The summed E-state index contributed by atoms with van der Waals surface area (Å²) >= 11 is 0. The summed E-state index contributed by atoms with van der Waals surface area (Å²) < 4.78 is 5.57. The third kappa shape index (κ3) is 4.71. The molecular weight excluding hydrogens is 274 g/mol. The van der Waals surface area contributed by atoms with Crippen LogP contribution >= 0.6 is 0 Å². The summed E-state index contributed by atoms with van der Waals surface area (Å²) in [5, 5.41) is 14.2. The minimum atomic E-state index is -1.18. The van der Waals surface area contributed by atoms with Crippen molar-refractivity contribution in [3.8, 4) is 0 Å². The Morgan fingerprint density at radius 1 is 1.43 bits per heavy atom. The fourth-order valence-corrected chi connectivity index (χ4v) is 2.22. The van der Waals surface area contributed by atoms with Gasteiger partial charge in [-0.25, -0.2) is 14.6 Å². The number of pyridine rings is 1. The zero-order valence-corrected chi connectivity index (χ0v) is 11.7. The number of hydrogen-bond acceptors (Lipinski definition) is 4. The normalized spacial score (nSPS) is 18.0. The smallest absolute Gasteiger partial charge is 0.356 e. The number of anilines is 1. The van der Waals surface area contributed by atoms with E-state index in [9.17, 15) is 9.59 Å². The molecule has 1 aliphatic rings. The minimum Gasteiger partial charge on any atom is -0.476 e. The number of carbonyl (C=O) groups is 2. The number of carboxylic acid groups (broad SMARTS) is 1. The van der Waals surface area contributed by atoms with Crippen LogP contribution in [0, 0.1) is 0 Å². The number of urea groups is 1. The molecule has 2 amide bonds. The topological polar surface area (TPSA) is 101 Å². The molecular formula is C14H19N3O4. The molecule has 0 aliphatic carbocycles. The predicted molar refractivity (Wildman–Crippen MR) is 76.4 cm³/mol. The van der Waals surface area contributed by atoms with Gasteiger partial charge in [0.25, 0.3) is 0 Å². The summed E-state index contributed by atoms with van der Waals surface area (Å²) in [7, 11) is 0. The van der Waals surface area contributed by atoms with E-state index in [0.717, 1.165) is 32.3 Å². The summed E-state index contributed by atoms with van der Waals surface area (Å²) in [6.45, 7) is 1.27. The molecule has 1 aliphatic heterocycles. The number of nitrogens with one attached hydrogen (secondary N) is 2. The van der Waals surface area contributed by atoms with Crippen molar-refractivity contribution in [2.24, 2.45) is 0 Å². The summed E-state index contributed by atoms with van der Waals surface area (Å²) in [4.78, 5) is 26.4. The van der Waals surface area contributed by atoms with Crippen LogP contribution in [0.2, 0.25) is 0 Å². The standard InChI is InChI=1S/C14H19N3O4/c18-13(19)12-11(5-3-7-15-12)17-14(20)16-8-6-10-4-1-2-9-21-10/h3,5,7,10H,1-2,4,6,8-9H2,(H,18,19)(H2,16,17,20). The van der Waals surface area contributed by atoms with Crippen LogP contribution in [0.1, 0.15) is 36.2 Å². The fraction of sp³-hybridized carbons (Fsp3) is 0.500. The van der Waals surface area contributed by atoms with Gasteiger partial charge >= 0.3 is 12.0 Å². The van der Waals surface area contributed by atoms with Crippen LogP contribution in [0.15, 0.2) is 18.3 Å². The highest BCUT2D eigenvalue weighted by Crippen LogP contribution is 2.15. The summed E-state index contributed by atoms with van der Waals surface area (Å²) in [5.41, 5.74) is -0.000296. The summed E-state index contributed by atoms with van der Waals surface area (Å²) in [5.74, 6) is -1.18. The maximum atomic E-state index is 11.7. The number of nitrogens with zero attached hydrogens (tertiary/aromatic N) is 1. The lowest BCUT2D eigenvalue weighted by atomic mass is 10.1. The van der Waals surface area contributed by atoms with Gasteiger partial charge in [-0.05, 0) is 37.8 Å². The van der Waals surface area contributed by atoms with Gasteiger partial charge < -0.3 is 20.5 Å². The molecule has 7 heteroatoms. The Hall–Kier alpha value is -2.15. The first kappa shape index (κ1) is 15.2. The maximum Gasteiger partial charge on any atom is 0.356 e. The van der Waals surface area contributed by atoms with Gasteiger partial charge in [-0.15, -0.1) is 0 Å². The average molecular weight is 293 g/mol. The van der Waals surface area contributed by atoms with Crippen molar-refractivity contribution < 1.29 is 19.4 Å². The molecule has 1 aromatic rings. The van der Waals surface area contributed by atoms with Crippen molar-refractivity contribution in [3.63, 3.8) is 0 Å². The number of aromatic nitrogens is 1. The monoisotopic (exact) mass is 293 g/mol. The summed E-state index contributed by atoms with van der Waals surface area (Å²) in [6, 6.07) is 2.62. The minimum absolute atomic E-state index is 0.177. The molecule has 21 heavy (non-hydrogen) atoms. The average Bonchev–Trinajstić information content (AvgIpc) is 2.48. The Morgan fingerprint density at radius 2 is 2.29 bits per heavy atom. The first-order valence-corrected chi connectivity index (χ1v) is 7.01. The second-order valence-corrected chi connectivity index (χ2v) is 4.86. The maximum absolute atomic E-state index is 11.7. The van der Waals surface area contributed by atoms with Crippen molar-refractivity contribution in [2.75, 3.05) is 18.5 Å². The van der Waals surface area contributed by atoms with E-state index in [4.69, 9.17) is 9.84 Å². The Balaban J connectivity index is 1.78. The number of ether oxygens (including phenoxy) is 1. The highest BCUT2D eigenvalue weighted by Gasteiger charge is 2.15. The van der Waals surface area contributed by atoms with Crippen LogP contribution in [0.3, 0.4) is 0 Å². The molecule has 2 heterocycles. The zero-order chi connectivity index (χ0) is 15.1. The van der Waals surface area contributed by atoms with E-state index in [1.807, 2.05) is 0 Å². The second kappa shape index (κ2) is 7.58. The molecule has 0 saturated carbocycles. The molecule has 1 saturated heterocycles. The largest absolute Gasteiger partial charge is 0.476 e. The Kier molecular flexibility index (Phi) is 5.51. The number of carboxylic acids is 1. The lowest BCUT2D eigenvalue weighted by molar-refractivity contribution is 0.0120. The predicted octanol–water partition coefficient (Wildman–Crippen LogP) is 1.86. The van der Waals surface area contributed by atoms with E-state index in [1.54, 1.807) is 6.07 Å². The number of hydrogen-bond donors (Lipinski definition) is 3. The number of rotatable bonds is 5. The quantitative estimate of drug-likeness (QED) is 0.769. The molecule has 0 radical (unpaired) electrons. The lowest BCUT2D eigenvalue weighted by Crippen LogP contribution is -2.33. The van der Waals surface area contributed by atoms with Crippen LogP contribution in [0.25, 0.3) is 0 Å². The van der Waals surface area contributed by atoms with Gasteiger partial charge in [-0.2, -0.15) is 0 Å². The second-order valence-electron chi connectivity index (χ2n) is 4.86. The van der Waals surface area contributed by atoms with Crippen molar-refractivity contribution >= 4 is 17.7 Å². The van der Waals surface area contributed by atoms with Gasteiger partial charge in [0.2, 0.25) is 0 Å². The number of amides is 2. The summed E-state index contributed by atoms with van der Waals surface area (Å²) in [6.07, 6.45) is 5.61. The molecule has 0 aromatic carbocycles. The third-order valence-corrected chi connectivity index (χ3v) is 3.28. The highest BCUT2D eigenvalue weighted by atomic mass is 16.5. The van der Waals surface area contributed by atoms with E-state index in [-0.39, 0.29) is 17.5 Å². The Morgan fingerprint density at radius 3 is 3.00 bits per heavy atom. The molecule has 7 nitrogen and oxygen atoms in total. The molecule has 1 fully saturated rings. The highest BCUT2D eigenvalue weighted by molar-refractivity contribution is 5.98. The van der Waals surface area contributed by atoms with E-state index in [0.29, 0.717) is 6.54 Å². The van der Waals surface area contributed by atoms with Gasteiger partial charge in [0, 0.05) is 19.3 Å². The number of carbonyl (C=O) groups excluding carboxylic acids is 1. The van der Waals surface area contributed by atoms with Crippen molar-refractivity contribution in [1.82, 2.24) is 10.3 Å². The molecule has 2 rings (SSSR count). The molecule has 0 spiro atoms. The van der Waals surface area contributed by atoms with Crippen LogP contribution < -0.4 is 10.6 Å². The Labute approximate surface area is 122 Å². The number of aromatic carboxylic acids is 1. The lowest BCUT2D eigenvalue weighted by Gasteiger charge is -2.22. The van der Waals surface area contributed by atoms with Gasteiger partial charge in [0.15, 0.2) is 5.69 Å². The van der Waals surface area contributed by atoms with Gasteiger partial charge in [-0.3, -0.25) is 0 Å². The van der Waals surface area contributed by atoms with Crippen LogP contribution in [0.5, 0.6) is 0 Å².